The highest BCUT2D eigenvalue weighted by molar-refractivity contribution is 9.08. The Morgan fingerprint density at radius 1 is 1.69 bits per heavy atom. The topological polar surface area (TPSA) is 79.8 Å². The summed E-state index contributed by atoms with van der Waals surface area (Å²) >= 11 is 2.88. The van der Waals surface area contributed by atoms with Crippen LogP contribution in [0.1, 0.15) is 23.4 Å². The van der Waals surface area contributed by atoms with Gasteiger partial charge in [0.25, 0.3) is 12.1 Å². The van der Waals surface area contributed by atoms with E-state index >= 15 is 0 Å². The maximum atomic E-state index is 12.6. The fourth-order valence-corrected chi connectivity index (χ4v) is 1.69. The largest absolute Gasteiger partial charge is 0.280 e. The summed E-state index contributed by atoms with van der Waals surface area (Å²) in [7, 11) is 0. The monoisotopic (exact) mass is 291 g/mol. The minimum Gasteiger partial charge on any atom is -0.258 e. The van der Waals surface area contributed by atoms with Crippen LogP contribution in [0.25, 0.3) is 0 Å². The van der Waals surface area contributed by atoms with Crippen molar-refractivity contribution in [3.05, 3.63) is 33.1 Å². The van der Waals surface area contributed by atoms with Gasteiger partial charge in [-0.1, -0.05) is 15.9 Å². The SMILES string of the molecule is N#Cc1cc([N+](=O)[O-])c(CBr)c(C(F)F)n1. The summed E-state index contributed by atoms with van der Waals surface area (Å²) in [6, 6.07) is 2.38. The molecule has 0 aliphatic rings. The Balaban J connectivity index is 3.54. The summed E-state index contributed by atoms with van der Waals surface area (Å²) in [5.41, 5.74) is -1.87. The van der Waals surface area contributed by atoms with Crippen molar-refractivity contribution >= 4 is 21.6 Å². The number of nitrogens with zero attached hydrogens (tertiary/aromatic N) is 3. The van der Waals surface area contributed by atoms with Gasteiger partial charge in [0.15, 0.2) is 0 Å². The highest BCUT2D eigenvalue weighted by Crippen LogP contribution is 2.30. The van der Waals surface area contributed by atoms with Gasteiger partial charge in [-0.2, -0.15) is 5.26 Å². The summed E-state index contributed by atoms with van der Waals surface area (Å²) in [6.45, 7) is 0. The van der Waals surface area contributed by atoms with Gasteiger partial charge in [-0.25, -0.2) is 13.8 Å². The second-order valence-electron chi connectivity index (χ2n) is 2.69. The van der Waals surface area contributed by atoms with E-state index in [1.165, 1.54) is 6.07 Å². The van der Waals surface area contributed by atoms with Crippen molar-refractivity contribution < 1.29 is 13.7 Å². The van der Waals surface area contributed by atoms with Gasteiger partial charge in [0.1, 0.15) is 17.5 Å². The standard InChI is InChI=1S/C8H4BrF2N3O2/c9-2-5-6(14(15)16)1-4(3-12)13-7(5)8(10)11/h1,8H,2H2. The lowest BCUT2D eigenvalue weighted by molar-refractivity contribution is -0.385. The van der Waals surface area contributed by atoms with Gasteiger partial charge >= 0.3 is 0 Å². The van der Waals surface area contributed by atoms with Crippen LogP contribution >= 0.6 is 15.9 Å². The summed E-state index contributed by atoms with van der Waals surface area (Å²) in [4.78, 5) is 13.2. The molecule has 0 radical (unpaired) electrons. The quantitative estimate of drug-likeness (QED) is 0.487. The number of aromatic nitrogens is 1. The molecule has 1 rings (SSSR count). The molecule has 5 nitrogen and oxygen atoms in total. The Morgan fingerprint density at radius 2 is 2.31 bits per heavy atom. The number of hydrogen-bond donors (Lipinski definition) is 0. The fourth-order valence-electron chi connectivity index (χ4n) is 1.11. The van der Waals surface area contributed by atoms with Gasteiger partial charge in [0, 0.05) is 5.33 Å². The van der Waals surface area contributed by atoms with Crippen LogP contribution in [0.4, 0.5) is 14.5 Å². The third-order valence-corrected chi connectivity index (χ3v) is 2.35. The van der Waals surface area contributed by atoms with E-state index in [4.69, 9.17) is 5.26 Å². The van der Waals surface area contributed by atoms with E-state index in [0.717, 1.165) is 6.07 Å². The number of halogens is 3. The van der Waals surface area contributed by atoms with Gasteiger partial charge < -0.3 is 0 Å². The van der Waals surface area contributed by atoms with Crippen molar-refractivity contribution in [2.24, 2.45) is 0 Å². The highest BCUT2D eigenvalue weighted by Gasteiger charge is 2.25. The van der Waals surface area contributed by atoms with E-state index in [1.807, 2.05) is 0 Å². The van der Waals surface area contributed by atoms with E-state index in [0.29, 0.717) is 0 Å². The summed E-state index contributed by atoms with van der Waals surface area (Å²) < 4.78 is 25.1. The highest BCUT2D eigenvalue weighted by atomic mass is 79.9. The molecule has 0 aliphatic heterocycles. The third-order valence-electron chi connectivity index (χ3n) is 1.78. The Bertz CT molecular complexity index is 473. The van der Waals surface area contributed by atoms with E-state index in [1.54, 1.807) is 0 Å². The maximum Gasteiger partial charge on any atom is 0.280 e. The molecular formula is C8H4BrF2N3O2. The lowest BCUT2D eigenvalue weighted by Crippen LogP contribution is -2.04. The van der Waals surface area contributed by atoms with Crippen molar-refractivity contribution in [3.8, 4) is 6.07 Å². The van der Waals surface area contributed by atoms with Crippen LogP contribution in [0.15, 0.2) is 6.07 Å². The smallest absolute Gasteiger partial charge is 0.258 e. The van der Waals surface area contributed by atoms with Crippen LogP contribution in [0, 0.1) is 21.4 Å². The van der Waals surface area contributed by atoms with E-state index in [-0.39, 0.29) is 10.9 Å². The van der Waals surface area contributed by atoms with Crippen LogP contribution in [-0.2, 0) is 5.33 Å². The first-order valence-electron chi connectivity index (χ1n) is 3.93. The zero-order chi connectivity index (χ0) is 12.3. The molecule has 0 bridgehead atoms. The summed E-state index contributed by atoms with van der Waals surface area (Å²) in [6.07, 6.45) is -2.96. The number of hydrogen-bond acceptors (Lipinski definition) is 4. The van der Waals surface area contributed by atoms with Crippen LogP contribution in [0.3, 0.4) is 0 Å². The average Bonchev–Trinajstić information content (AvgIpc) is 2.26. The summed E-state index contributed by atoms with van der Waals surface area (Å²) in [5, 5.41) is 19.0. The normalized spacial score (nSPS) is 10.2. The fraction of sp³-hybridized carbons (Fsp3) is 0.250. The number of rotatable bonds is 3. The molecule has 0 saturated heterocycles. The molecule has 1 aromatic heterocycles. The van der Waals surface area contributed by atoms with Crippen molar-refractivity contribution in [3.63, 3.8) is 0 Å². The molecule has 0 unspecified atom stereocenters. The number of nitro groups is 1. The van der Waals surface area contributed by atoms with Crippen molar-refractivity contribution in [2.75, 3.05) is 0 Å². The molecule has 0 N–H and O–H groups in total. The molecule has 0 saturated carbocycles. The second kappa shape index (κ2) is 4.94. The number of nitriles is 1. The van der Waals surface area contributed by atoms with E-state index in [2.05, 4.69) is 20.9 Å². The van der Waals surface area contributed by atoms with Crippen LogP contribution in [0.2, 0.25) is 0 Å². The average molecular weight is 292 g/mol. The third kappa shape index (κ3) is 2.30. The predicted molar refractivity (Wildman–Crippen MR) is 53.2 cm³/mol. The first-order valence-corrected chi connectivity index (χ1v) is 5.05. The summed E-state index contributed by atoms with van der Waals surface area (Å²) in [5.74, 6) is 0. The number of alkyl halides is 3. The molecule has 84 valence electrons. The zero-order valence-corrected chi connectivity index (χ0v) is 9.24. The first kappa shape index (κ1) is 12.4. The minimum absolute atomic E-state index is 0.123. The molecule has 0 spiro atoms. The molecule has 0 aliphatic carbocycles. The minimum atomic E-state index is -2.96. The van der Waals surface area contributed by atoms with Crippen molar-refractivity contribution in [1.29, 1.82) is 5.26 Å². The Morgan fingerprint density at radius 3 is 2.69 bits per heavy atom. The predicted octanol–water partition coefficient (Wildman–Crippen LogP) is 2.69. The van der Waals surface area contributed by atoms with Gasteiger partial charge in [-0.3, -0.25) is 10.1 Å². The van der Waals surface area contributed by atoms with Crippen LogP contribution in [0.5, 0.6) is 0 Å². The molecule has 0 aromatic carbocycles. The molecule has 0 atom stereocenters. The molecule has 1 aromatic rings. The first-order chi connectivity index (χ1) is 7.51. The van der Waals surface area contributed by atoms with Gasteiger partial charge in [0.2, 0.25) is 0 Å². The Labute approximate surface area is 97.0 Å². The van der Waals surface area contributed by atoms with E-state index < -0.39 is 28.4 Å². The van der Waals surface area contributed by atoms with Crippen molar-refractivity contribution in [1.82, 2.24) is 4.98 Å². The van der Waals surface area contributed by atoms with Gasteiger partial charge in [-0.05, 0) is 0 Å². The molecule has 8 heteroatoms. The number of pyridine rings is 1. The lowest BCUT2D eigenvalue weighted by atomic mass is 10.1. The molecule has 0 fully saturated rings. The zero-order valence-electron chi connectivity index (χ0n) is 7.65. The molecule has 1 heterocycles. The van der Waals surface area contributed by atoms with E-state index in [9.17, 15) is 18.9 Å². The molecule has 16 heavy (non-hydrogen) atoms. The lowest BCUT2D eigenvalue weighted by Gasteiger charge is -2.06. The Hall–Kier alpha value is -1.62. The van der Waals surface area contributed by atoms with Crippen LogP contribution < -0.4 is 0 Å². The van der Waals surface area contributed by atoms with Crippen molar-refractivity contribution in [2.45, 2.75) is 11.8 Å². The Kier molecular flexibility index (Phi) is 3.84. The van der Waals surface area contributed by atoms with Gasteiger partial charge in [-0.15, -0.1) is 0 Å². The van der Waals surface area contributed by atoms with Gasteiger partial charge in [0.05, 0.1) is 16.6 Å². The maximum absolute atomic E-state index is 12.6. The molecule has 0 amide bonds. The molecular weight excluding hydrogens is 288 g/mol. The van der Waals surface area contributed by atoms with Crippen LogP contribution in [-0.4, -0.2) is 9.91 Å². The second-order valence-corrected chi connectivity index (χ2v) is 3.25.